The van der Waals surface area contributed by atoms with Gasteiger partial charge < -0.3 is 15.1 Å². The highest BCUT2D eigenvalue weighted by Gasteiger charge is 2.22. The third-order valence-corrected chi connectivity index (χ3v) is 2.85. The van der Waals surface area contributed by atoms with Crippen molar-refractivity contribution in [3.63, 3.8) is 0 Å². The summed E-state index contributed by atoms with van der Waals surface area (Å²) in [7, 11) is 1.89. The van der Waals surface area contributed by atoms with Gasteiger partial charge in [-0.1, -0.05) is 6.92 Å². The van der Waals surface area contributed by atoms with Crippen molar-refractivity contribution in [1.29, 1.82) is 0 Å². The molecule has 5 heteroatoms. The molecule has 0 aliphatic rings. The lowest BCUT2D eigenvalue weighted by atomic mass is 10.00. The van der Waals surface area contributed by atoms with Gasteiger partial charge in [-0.25, -0.2) is 4.39 Å². The molecular weight excluding hydrogens is 247 g/mol. The van der Waals surface area contributed by atoms with Gasteiger partial charge in [0.15, 0.2) is 0 Å². The Morgan fingerprint density at radius 2 is 2.05 bits per heavy atom. The minimum atomic E-state index is -0.770. The Hall–Kier alpha value is -1.04. The zero-order valence-electron chi connectivity index (χ0n) is 12.0. The minimum absolute atomic E-state index is 0.0645. The Morgan fingerprint density at radius 1 is 1.42 bits per heavy atom. The number of pyridine rings is 1. The fraction of sp³-hybridized carbons (Fsp3) is 0.643. The molecule has 0 spiro atoms. The lowest BCUT2D eigenvalue weighted by Gasteiger charge is -2.29. The summed E-state index contributed by atoms with van der Waals surface area (Å²) in [4.78, 5) is 5.84. The maximum absolute atomic E-state index is 12.8. The molecule has 0 amide bonds. The number of aromatic nitrogens is 1. The van der Waals surface area contributed by atoms with Gasteiger partial charge in [-0.3, -0.25) is 4.98 Å². The first-order valence-corrected chi connectivity index (χ1v) is 6.39. The van der Waals surface area contributed by atoms with E-state index in [9.17, 15) is 14.6 Å². The number of hydrogen-bond acceptors (Lipinski definition) is 4. The Labute approximate surface area is 113 Å². The van der Waals surface area contributed by atoms with Crippen LogP contribution in [0.3, 0.4) is 0 Å². The molecule has 19 heavy (non-hydrogen) atoms. The van der Waals surface area contributed by atoms with Crippen LogP contribution >= 0.6 is 0 Å². The summed E-state index contributed by atoms with van der Waals surface area (Å²) in [5, 5.41) is 19.9. The van der Waals surface area contributed by atoms with Gasteiger partial charge in [0.1, 0.15) is 5.82 Å². The smallest absolute Gasteiger partial charge is 0.141 e. The van der Waals surface area contributed by atoms with Crippen molar-refractivity contribution in [1.82, 2.24) is 9.88 Å². The highest BCUT2D eigenvalue weighted by atomic mass is 19.1. The van der Waals surface area contributed by atoms with Crippen molar-refractivity contribution in [3.8, 4) is 0 Å². The quantitative estimate of drug-likeness (QED) is 0.824. The summed E-state index contributed by atoms with van der Waals surface area (Å²) in [5.41, 5.74) is -0.307. The van der Waals surface area contributed by atoms with Crippen molar-refractivity contribution in [2.45, 2.75) is 32.5 Å². The molecule has 0 saturated heterocycles. The van der Waals surface area contributed by atoms with Gasteiger partial charge in [-0.2, -0.15) is 0 Å². The van der Waals surface area contributed by atoms with E-state index in [-0.39, 0.29) is 5.92 Å². The van der Waals surface area contributed by atoms with E-state index >= 15 is 0 Å². The summed E-state index contributed by atoms with van der Waals surface area (Å²) in [6.07, 6.45) is 0.357. The maximum Gasteiger partial charge on any atom is 0.141 e. The second kappa shape index (κ2) is 6.41. The number of hydrogen-bond donors (Lipinski definition) is 2. The van der Waals surface area contributed by atoms with Gasteiger partial charge in [0.2, 0.25) is 0 Å². The van der Waals surface area contributed by atoms with Crippen LogP contribution in [0.5, 0.6) is 0 Å². The lowest BCUT2D eigenvalue weighted by Crippen LogP contribution is -2.39. The van der Waals surface area contributed by atoms with Gasteiger partial charge in [0.05, 0.1) is 23.6 Å². The van der Waals surface area contributed by atoms with Crippen molar-refractivity contribution in [3.05, 3.63) is 29.8 Å². The van der Waals surface area contributed by atoms with Gasteiger partial charge in [-0.05, 0) is 33.0 Å². The molecule has 0 radical (unpaired) electrons. The average Bonchev–Trinajstić information content (AvgIpc) is 2.26. The first-order chi connectivity index (χ1) is 8.69. The Kier molecular flexibility index (Phi) is 5.40. The highest BCUT2D eigenvalue weighted by molar-refractivity contribution is 5.08. The second-order valence-corrected chi connectivity index (χ2v) is 5.83. The van der Waals surface area contributed by atoms with Crippen LogP contribution < -0.4 is 0 Å². The molecule has 0 aliphatic heterocycles. The molecule has 1 heterocycles. The largest absolute Gasteiger partial charge is 0.389 e. The third-order valence-electron chi connectivity index (χ3n) is 2.85. The molecule has 0 aliphatic carbocycles. The summed E-state index contributed by atoms with van der Waals surface area (Å²) in [6.45, 7) is 6.51. The van der Waals surface area contributed by atoms with E-state index in [1.165, 1.54) is 12.1 Å². The summed E-state index contributed by atoms with van der Waals surface area (Å²) in [6, 6.07) is 2.78. The van der Waals surface area contributed by atoms with Crippen molar-refractivity contribution in [2.75, 3.05) is 20.1 Å². The average molecular weight is 270 g/mol. The zero-order valence-corrected chi connectivity index (χ0v) is 12.0. The molecule has 2 unspecified atom stereocenters. The molecule has 1 rings (SSSR count). The maximum atomic E-state index is 12.8. The first kappa shape index (κ1) is 16.0. The van der Waals surface area contributed by atoms with Crippen LogP contribution in [0.25, 0.3) is 0 Å². The Balaban J connectivity index is 2.57. The summed E-state index contributed by atoms with van der Waals surface area (Å²) < 4.78 is 12.8. The van der Waals surface area contributed by atoms with E-state index in [1.54, 1.807) is 13.8 Å². The van der Waals surface area contributed by atoms with Gasteiger partial charge in [0.25, 0.3) is 0 Å². The van der Waals surface area contributed by atoms with Gasteiger partial charge in [0, 0.05) is 19.0 Å². The molecule has 0 bridgehead atoms. The van der Waals surface area contributed by atoms with Crippen LogP contribution in [0.2, 0.25) is 0 Å². The van der Waals surface area contributed by atoms with E-state index in [1.807, 2.05) is 18.9 Å². The Bertz CT molecular complexity index is 389. The zero-order chi connectivity index (χ0) is 14.6. The molecule has 4 nitrogen and oxygen atoms in total. The molecule has 0 aromatic carbocycles. The van der Waals surface area contributed by atoms with Crippen LogP contribution in [0.15, 0.2) is 18.3 Å². The molecular formula is C14H23FN2O2. The number of aliphatic hydroxyl groups is 2. The van der Waals surface area contributed by atoms with E-state index in [4.69, 9.17) is 0 Å². The van der Waals surface area contributed by atoms with E-state index < -0.39 is 17.5 Å². The normalized spacial score (nSPS) is 15.6. The van der Waals surface area contributed by atoms with Crippen molar-refractivity contribution in [2.24, 2.45) is 5.92 Å². The predicted octanol–water partition coefficient (Wildman–Crippen LogP) is 1.59. The third kappa shape index (κ3) is 5.63. The molecule has 2 atom stereocenters. The second-order valence-electron chi connectivity index (χ2n) is 5.83. The Morgan fingerprint density at radius 3 is 2.53 bits per heavy atom. The fourth-order valence-electron chi connectivity index (χ4n) is 2.17. The van der Waals surface area contributed by atoms with Gasteiger partial charge in [-0.15, -0.1) is 0 Å². The molecule has 1 aromatic rings. The molecule has 108 valence electrons. The molecule has 1 aromatic heterocycles. The molecule has 2 N–H and O–H groups in total. The number of nitrogens with zero attached hydrogens (tertiary/aromatic N) is 2. The summed E-state index contributed by atoms with van der Waals surface area (Å²) in [5.74, 6) is -0.479. The van der Waals surface area contributed by atoms with Crippen LogP contribution in [0.1, 0.15) is 32.6 Å². The fourth-order valence-corrected chi connectivity index (χ4v) is 2.17. The minimum Gasteiger partial charge on any atom is -0.389 e. The monoisotopic (exact) mass is 270 g/mol. The predicted molar refractivity (Wildman–Crippen MR) is 72.1 cm³/mol. The number of rotatable bonds is 6. The summed E-state index contributed by atoms with van der Waals surface area (Å²) >= 11 is 0. The van der Waals surface area contributed by atoms with Crippen LogP contribution in [-0.2, 0) is 0 Å². The number of aliphatic hydroxyl groups excluding tert-OH is 1. The van der Waals surface area contributed by atoms with Crippen LogP contribution in [-0.4, -0.2) is 45.8 Å². The van der Waals surface area contributed by atoms with E-state index in [0.29, 0.717) is 18.8 Å². The van der Waals surface area contributed by atoms with E-state index in [2.05, 4.69) is 4.98 Å². The highest BCUT2D eigenvalue weighted by Crippen LogP contribution is 2.21. The van der Waals surface area contributed by atoms with Crippen molar-refractivity contribution >= 4 is 0 Å². The topological polar surface area (TPSA) is 56.6 Å². The SMILES string of the molecule is CC(CN(C)CC(C)(C)O)C(O)c1ccc(F)cn1. The lowest BCUT2D eigenvalue weighted by molar-refractivity contribution is 0.0274. The van der Waals surface area contributed by atoms with Crippen LogP contribution in [0.4, 0.5) is 4.39 Å². The van der Waals surface area contributed by atoms with Crippen molar-refractivity contribution < 1.29 is 14.6 Å². The number of halogens is 1. The first-order valence-electron chi connectivity index (χ1n) is 6.39. The standard InChI is InChI=1S/C14H23FN2O2/c1-10(8-17(4)9-14(2,3)19)13(18)12-6-5-11(15)7-16-12/h5-7,10,13,18-19H,8-9H2,1-4H3. The number of likely N-dealkylation sites (N-methyl/N-ethyl adjacent to an activating group) is 1. The van der Waals surface area contributed by atoms with Crippen LogP contribution in [0, 0.1) is 11.7 Å². The van der Waals surface area contributed by atoms with Gasteiger partial charge >= 0.3 is 0 Å². The molecule has 0 fully saturated rings. The molecule has 0 saturated carbocycles. The van der Waals surface area contributed by atoms with E-state index in [0.717, 1.165) is 6.20 Å².